The fraction of sp³-hybridized carbons (Fsp3) is 0.414. The minimum absolute atomic E-state index is 0.0216. The number of benzene rings is 2. The minimum Gasteiger partial charge on any atom is -0.507 e. The van der Waals surface area contributed by atoms with Gasteiger partial charge in [-0.05, 0) is 63.1 Å². The first kappa shape index (κ1) is 25.0. The number of phenolic OH excluding ortho intramolecular Hbond substituents is 1. The number of para-hydroxylation sites is 2. The average Bonchev–Trinajstić information content (AvgIpc) is 2.95. The molecule has 8 heteroatoms. The summed E-state index contributed by atoms with van der Waals surface area (Å²) in [5.41, 5.74) is 1.23. The molecule has 8 nitrogen and oxygen atoms in total. The molecule has 0 bridgehead atoms. The molecule has 1 aliphatic carbocycles. The standard InChI is InChI=1S/C29H35N5O3/c1-30-21-11-13-22(14-12-21)32-28(36)29(37-24-7-3-2-4-8-24)15-17-34(18-16-29)23-19-26(33-31-20-23)25-9-5-6-10-27(25)35/h2-10,19-22,30,35H,11-18H2,1H3,(H,32,36). The van der Waals surface area contributed by atoms with Gasteiger partial charge in [0.1, 0.15) is 11.5 Å². The average molecular weight is 502 g/mol. The van der Waals surface area contributed by atoms with E-state index in [-0.39, 0.29) is 17.7 Å². The van der Waals surface area contributed by atoms with Crippen LogP contribution in [0.15, 0.2) is 66.9 Å². The number of anilines is 1. The summed E-state index contributed by atoms with van der Waals surface area (Å²) in [6, 6.07) is 19.4. The summed E-state index contributed by atoms with van der Waals surface area (Å²) < 4.78 is 6.47. The topological polar surface area (TPSA) is 99.6 Å². The number of hydrogen-bond acceptors (Lipinski definition) is 7. The molecule has 1 amide bonds. The van der Waals surface area contributed by atoms with Gasteiger partial charge < -0.3 is 25.4 Å². The number of piperidine rings is 1. The Morgan fingerprint density at radius 2 is 1.68 bits per heavy atom. The molecular weight excluding hydrogens is 466 g/mol. The van der Waals surface area contributed by atoms with Gasteiger partial charge in [0.25, 0.3) is 5.91 Å². The smallest absolute Gasteiger partial charge is 0.264 e. The number of hydrogen-bond donors (Lipinski definition) is 3. The molecule has 2 aromatic carbocycles. The summed E-state index contributed by atoms with van der Waals surface area (Å²) in [6.45, 7) is 1.28. The fourth-order valence-electron chi connectivity index (χ4n) is 5.41. The zero-order valence-electron chi connectivity index (χ0n) is 21.3. The van der Waals surface area contributed by atoms with E-state index in [9.17, 15) is 9.90 Å². The van der Waals surface area contributed by atoms with Crippen molar-refractivity contribution < 1.29 is 14.6 Å². The number of nitrogens with zero attached hydrogens (tertiary/aromatic N) is 3. The van der Waals surface area contributed by atoms with Crippen LogP contribution in [0.4, 0.5) is 5.69 Å². The fourth-order valence-corrected chi connectivity index (χ4v) is 5.41. The van der Waals surface area contributed by atoms with Crippen molar-refractivity contribution in [2.45, 2.75) is 56.2 Å². The Kier molecular flexibility index (Phi) is 7.55. The number of aromatic nitrogens is 2. The summed E-state index contributed by atoms with van der Waals surface area (Å²) in [7, 11) is 2.00. The van der Waals surface area contributed by atoms with Gasteiger partial charge in [-0.25, -0.2) is 0 Å². The maximum Gasteiger partial charge on any atom is 0.264 e. The van der Waals surface area contributed by atoms with Crippen LogP contribution in [0.5, 0.6) is 11.5 Å². The van der Waals surface area contributed by atoms with Crippen LogP contribution in [0.2, 0.25) is 0 Å². The van der Waals surface area contributed by atoms with Crippen molar-refractivity contribution in [1.29, 1.82) is 0 Å². The van der Waals surface area contributed by atoms with Crippen molar-refractivity contribution >= 4 is 11.6 Å². The number of carbonyl (C=O) groups excluding carboxylic acids is 1. The van der Waals surface area contributed by atoms with Crippen LogP contribution in [0, 0.1) is 0 Å². The molecule has 0 atom stereocenters. The van der Waals surface area contributed by atoms with E-state index < -0.39 is 5.60 Å². The van der Waals surface area contributed by atoms with E-state index in [1.54, 1.807) is 18.3 Å². The van der Waals surface area contributed by atoms with E-state index >= 15 is 0 Å². The SMILES string of the molecule is CNC1CCC(NC(=O)C2(Oc3ccccc3)CCN(c3cnnc(-c4ccccc4O)c3)CC2)CC1. The lowest BCUT2D eigenvalue weighted by atomic mass is 9.87. The number of amides is 1. The molecule has 2 aliphatic rings. The lowest BCUT2D eigenvalue weighted by Crippen LogP contribution is -2.59. The maximum absolute atomic E-state index is 13.7. The third-order valence-electron chi connectivity index (χ3n) is 7.70. The van der Waals surface area contributed by atoms with Crippen LogP contribution in [-0.4, -0.2) is 59.0 Å². The van der Waals surface area contributed by atoms with Gasteiger partial charge >= 0.3 is 0 Å². The third kappa shape index (κ3) is 5.69. The Hall–Kier alpha value is -3.65. The number of phenols is 1. The summed E-state index contributed by atoms with van der Waals surface area (Å²) in [4.78, 5) is 15.9. The predicted molar refractivity (Wildman–Crippen MR) is 144 cm³/mol. The molecule has 194 valence electrons. The van der Waals surface area contributed by atoms with Crippen molar-refractivity contribution in [1.82, 2.24) is 20.8 Å². The molecule has 1 aliphatic heterocycles. The first-order chi connectivity index (χ1) is 18.1. The molecule has 0 spiro atoms. The van der Waals surface area contributed by atoms with Crippen molar-refractivity contribution in [3.05, 3.63) is 66.9 Å². The van der Waals surface area contributed by atoms with Crippen LogP contribution < -0.4 is 20.3 Å². The highest BCUT2D eigenvalue weighted by atomic mass is 16.5. The largest absolute Gasteiger partial charge is 0.507 e. The molecule has 3 N–H and O–H groups in total. The van der Waals surface area contributed by atoms with Gasteiger partial charge in [-0.3, -0.25) is 4.79 Å². The minimum atomic E-state index is -0.932. The monoisotopic (exact) mass is 501 g/mol. The third-order valence-corrected chi connectivity index (χ3v) is 7.70. The summed E-state index contributed by atoms with van der Waals surface area (Å²) in [5.74, 6) is 0.854. The van der Waals surface area contributed by atoms with Crippen molar-refractivity contribution in [2.24, 2.45) is 0 Å². The summed E-state index contributed by atoms with van der Waals surface area (Å²) in [5, 5.41) is 25.3. The molecule has 0 unspecified atom stereocenters. The Morgan fingerprint density at radius 3 is 2.38 bits per heavy atom. The normalized spacial score (nSPS) is 21.3. The Labute approximate surface area is 218 Å². The van der Waals surface area contributed by atoms with Gasteiger partial charge in [0.15, 0.2) is 5.60 Å². The van der Waals surface area contributed by atoms with Crippen molar-refractivity contribution in [3.8, 4) is 22.8 Å². The lowest BCUT2D eigenvalue weighted by Gasteiger charge is -2.42. The zero-order valence-corrected chi connectivity index (χ0v) is 21.3. The lowest BCUT2D eigenvalue weighted by molar-refractivity contribution is -0.139. The van der Waals surface area contributed by atoms with E-state index in [1.807, 2.05) is 55.6 Å². The molecule has 2 fully saturated rings. The number of ether oxygens (including phenoxy) is 1. The van der Waals surface area contributed by atoms with Gasteiger partial charge in [-0.15, -0.1) is 0 Å². The highest BCUT2D eigenvalue weighted by Crippen LogP contribution is 2.34. The first-order valence-corrected chi connectivity index (χ1v) is 13.1. The van der Waals surface area contributed by atoms with Gasteiger partial charge in [-0.2, -0.15) is 10.2 Å². The highest BCUT2D eigenvalue weighted by molar-refractivity contribution is 5.86. The molecule has 1 saturated heterocycles. The first-order valence-electron chi connectivity index (χ1n) is 13.1. The second-order valence-corrected chi connectivity index (χ2v) is 10.0. The van der Waals surface area contributed by atoms with Crippen molar-refractivity contribution in [2.75, 3.05) is 25.0 Å². The Bertz CT molecular complexity index is 1190. The van der Waals surface area contributed by atoms with Crippen LogP contribution in [0.3, 0.4) is 0 Å². The van der Waals surface area contributed by atoms with E-state index in [0.29, 0.717) is 49.0 Å². The number of rotatable bonds is 7. The second-order valence-electron chi connectivity index (χ2n) is 10.0. The number of carbonyl (C=O) groups is 1. The Morgan fingerprint density at radius 1 is 1.00 bits per heavy atom. The highest BCUT2D eigenvalue weighted by Gasteiger charge is 2.45. The van der Waals surface area contributed by atoms with Crippen LogP contribution in [0.1, 0.15) is 38.5 Å². The summed E-state index contributed by atoms with van der Waals surface area (Å²) >= 11 is 0. The maximum atomic E-state index is 13.7. The van der Waals surface area contributed by atoms with Crippen LogP contribution in [-0.2, 0) is 4.79 Å². The molecular formula is C29H35N5O3. The van der Waals surface area contributed by atoms with Gasteiger partial charge in [0, 0.05) is 43.6 Å². The molecule has 37 heavy (non-hydrogen) atoms. The Balaban J connectivity index is 1.32. The number of nitrogens with one attached hydrogen (secondary N) is 2. The molecule has 1 aromatic heterocycles. The van der Waals surface area contributed by atoms with Gasteiger partial charge in [0.2, 0.25) is 0 Å². The zero-order chi connectivity index (χ0) is 25.7. The molecule has 1 saturated carbocycles. The van der Waals surface area contributed by atoms with Gasteiger partial charge in [-0.1, -0.05) is 30.3 Å². The van der Waals surface area contributed by atoms with E-state index in [1.165, 1.54) is 0 Å². The van der Waals surface area contributed by atoms with Crippen LogP contribution >= 0.6 is 0 Å². The van der Waals surface area contributed by atoms with Gasteiger partial charge in [0.05, 0.1) is 17.6 Å². The summed E-state index contributed by atoms with van der Waals surface area (Å²) in [6.07, 6.45) is 6.91. The molecule has 0 radical (unpaired) electrons. The van der Waals surface area contributed by atoms with Crippen LogP contribution in [0.25, 0.3) is 11.3 Å². The van der Waals surface area contributed by atoms with E-state index in [4.69, 9.17) is 4.74 Å². The molecule has 3 aromatic rings. The predicted octanol–water partition coefficient (Wildman–Crippen LogP) is 3.91. The quantitative estimate of drug-likeness (QED) is 0.451. The number of aromatic hydroxyl groups is 1. The molecule has 2 heterocycles. The van der Waals surface area contributed by atoms with E-state index in [0.717, 1.165) is 31.4 Å². The second kappa shape index (κ2) is 11.2. The molecule has 5 rings (SSSR count). The van der Waals surface area contributed by atoms with E-state index in [2.05, 4.69) is 25.7 Å². The van der Waals surface area contributed by atoms with Crippen molar-refractivity contribution in [3.63, 3.8) is 0 Å².